The number of carbonyl (C=O) groups excluding carboxylic acids is 2. The molecular formula is C23H32Cl2N4O2. The first-order valence-electron chi connectivity index (χ1n) is 10.6. The number of hydrogen-bond acceptors (Lipinski definition) is 2. The third kappa shape index (κ3) is 7.47. The number of benzene rings is 1. The second-order valence-corrected chi connectivity index (χ2v) is 8.87. The van der Waals surface area contributed by atoms with Crippen LogP contribution in [0.3, 0.4) is 0 Å². The Morgan fingerprint density at radius 1 is 1.13 bits per heavy atom. The number of nitrogens with one attached hydrogen (secondary N) is 1. The molecule has 0 saturated carbocycles. The van der Waals surface area contributed by atoms with Crippen LogP contribution in [0.1, 0.15) is 39.3 Å². The monoisotopic (exact) mass is 466 g/mol. The molecule has 170 valence electrons. The van der Waals surface area contributed by atoms with Crippen molar-refractivity contribution in [3.8, 4) is 0 Å². The Morgan fingerprint density at radius 2 is 1.87 bits per heavy atom. The van der Waals surface area contributed by atoms with E-state index in [1.807, 2.05) is 48.7 Å². The van der Waals surface area contributed by atoms with Gasteiger partial charge in [-0.3, -0.25) is 4.79 Å². The molecule has 0 aliphatic heterocycles. The molecule has 1 N–H and O–H groups in total. The largest absolute Gasteiger partial charge is 0.353 e. The van der Waals surface area contributed by atoms with Gasteiger partial charge in [0.15, 0.2) is 0 Å². The van der Waals surface area contributed by atoms with Crippen molar-refractivity contribution < 1.29 is 9.59 Å². The number of anilines is 1. The second kappa shape index (κ2) is 12.0. The number of rotatable bonds is 10. The van der Waals surface area contributed by atoms with E-state index in [-0.39, 0.29) is 29.4 Å². The zero-order valence-electron chi connectivity index (χ0n) is 18.7. The average molecular weight is 467 g/mol. The molecule has 0 atom stereocenters. The van der Waals surface area contributed by atoms with Crippen molar-refractivity contribution in [2.24, 2.45) is 13.0 Å². The first-order valence-corrected chi connectivity index (χ1v) is 11.4. The number of halogens is 2. The minimum absolute atomic E-state index is 0.00364. The Balaban J connectivity index is 2.15. The molecule has 0 aliphatic rings. The third-order valence-electron chi connectivity index (χ3n) is 4.93. The number of urea groups is 1. The average Bonchev–Trinajstić information content (AvgIpc) is 3.12. The van der Waals surface area contributed by atoms with E-state index in [9.17, 15) is 9.59 Å². The van der Waals surface area contributed by atoms with E-state index in [1.165, 1.54) is 4.90 Å². The molecule has 2 aromatic rings. The molecule has 31 heavy (non-hydrogen) atoms. The van der Waals surface area contributed by atoms with Crippen LogP contribution in [0.25, 0.3) is 0 Å². The molecule has 0 aliphatic carbocycles. The van der Waals surface area contributed by atoms with Crippen LogP contribution >= 0.6 is 23.2 Å². The molecule has 0 saturated heterocycles. The maximum Gasteiger partial charge on any atom is 0.322 e. The van der Waals surface area contributed by atoms with E-state index in [2.05, 4.69) is 12.2 Å². The Hall–Kier alpha value is -2.18. The number of amides is 3. The van der Waals surface area contributed by atoms with Gasteiger partial charge in [0, 0.05) is 32.0 Å². The zero-order chi connectivity index (χ0) is 23.0. The first-order chi connectivity index (χ1) is 14.7. The number of nitrogens with zero attached hydrogens (tertiary/aromatic N) is 3. The van der Waals surface area contributed by atoms with Crippen LogP contribution in [0.5, 0.6) is 0 Å². The second-order valence-electron chi connectivity index (χ2n) is 8.09. The SMILES string of the molecule is CCCCN(Cc1cccn1C)C(=O)CN(CC(C)C)C(=O)Nc1cccc(Cl)c1Cl. The molecule has 1 aromatic heterocycles. The van der Waals surface area contributed by atoms with Crippen LogP contribution in [0.4, 0.5) is 10.5 Å². The lowest BCUT2D eigenvalue weighted by Gasteiger charge is -2.29. The summed E-state index contributed by atoms with van der Waals surface area (Å²) in [4.78, 5) is 29.6. The van der Waals surface area contributed by atoms with Gasteiger partial charge in [0.2, 0.25) is 5.91 Å². The summed E-state index contributed by atoms with van der Waals surface area (Å²) >= 11 is 12.3. The molecule has 1 heterocycles. The number of carbonyl (C=O) groups is 2. The Labute approximate surface area is 195 Å². The van der Waals surface area contributed by atoms with Gasteiger partial charge in [-0.15, -0.1) is 0 Å². The molecule has 0 radical (unpaired) electrons. The molecule has 2 rings (SSSR count). The molecular weight excluding hydrogens is 435 g/mol. The van der Waals surface area contributed by atoms with E-state index < -0.39 is 0 Å². The van der Waals surface area contributed by atoms with Crippen LogP contribution in [0, 0.1) is 5.92 Å². The van der Waals surface area contributed by atoms with Crippen molar-refractivity contribution in [3.63, 3.8) is 0 Å². The molecule has 0 bridgehead atoms. The normalized spacial score (nSPS) is 10.9. The van der Waals surface area contributed by atoms with Crippen LogP contribution in [0.2, 0.25) is 10.0 Å². The summed E-state index contributed by atoms with van der Waals surface area (Å²) < 4.78 is 2.01. The van der Waals surface area contributed by atoms with Crippen LogP contribution in [-0.2, 0) is 18.4 Å². The summed E-state index contributed by atoms with van der Waals surface area (Å²) in [6.45, 7) is 7.72. The maximum absolute atomic E-state index is 13.2. The lowest BCUT2D eigenvalue weighted by atomic mass is 10.2. The minimum Gasteiger partial charge on any atom is -0.353 e. The van der Waals surface area contributed by atoms with E-state index in [4.69, 9.17) is 23.2 Å². The maximum atomic E-state index is 13.2. The summed E-state index contributed by atoms with van der Waals surface area (Å²) in [6.07, 6.45) is 3.86. The lowest BCUT2D eigenvalue weighted by molar-refractivity contribution is -0.132. The molecule has 0 spiro atoms. The van der Waals surface area contributed by atoms with Crippen LogP contribution in [-0.4, -0.2) is 45.9 Å². The van der Waals surface area contributed by atoms with Gasteiger partial charge in [0.05, 0.1) is 22.3 Å². The first kappa shape index (κ1) is 25.1. The van der Waals surface area contributed by atoms with Gasteiger partial charge < -0.3 is 19.7 Å². The fourth-order valence-corrected chi connectivity index (χ4v) is 3.56. The van der Waals surface area contributed by atoms with Crippen molar-refractivity contribution >= 4 is 40.8 Å². The quantitative estimate of drug-likeness (QED) is 0.491. The molecule has 1 aromatic carbocycles. The Bertz CT molecular complexity index is 882. The highest BCUT2D eigenvalue weighted by atomic mass is 35.5. The lowest BCUT2D eigenvalue weighted by Crippen LogP contribution is -2.46. The predicted molar refractivity (Wildman–Crippen MR) is 128 cm³/mol. The molecule has 3 amide bonds. The van der Waals surface area contributed by atoms with Gasteiger partial charge in [-0.1, -0.05) is 56.5 Å². The van der Waals surface area contributed by atoms with Gasteiger partial charge in [0.25, 0.3) is 0 Å². The fraction of sp³-hybridized carbons (Fsp3) is 0.478. The van der Waals surface area contributed by atoms with E-state index in [1.54, 1.807) is 18.2 Å². The van der Waals surface area contributed by atoms with Crippen LogP contribution in [0.15, 0.2) is 36.5 Å². The Kier molecular flexibility index (Phi) is 9.72. The molecule has 6 nitrogen and oxygen atoms in total. The molecule has 0 fully saturated rings. The molecule has 8 heteroatoms. The van der Waals surface area contributed by atoms with Gasteiger partial charge in [0.1, 0.15) is 6.54 Å². The van der Waals surface area contributed by atoms with Crippen molar-refractivity contribution in [2.45, 2.75) is 40.2 Å². The number of unbranched alkanes of at least 4 members (excludes halogenated alkanes) is 1. The topological polar surface area (TPSA) is 57.6 Å². The molecule has 0 unspecified atom stereocenters. The van der Waals surface area contributed by atoms with E-state index >= 15 is 0 Å². The summed E-state index contributed by atoms with van der Waals surface area (Å²) in [5.41, 5.74) is 1.47. The third-order valence-corrected chi connectivity index (χ3v) is 5.75. The summed E-state index contributed by atoms with van der Waals surface area (Å²) in [5.74, 6) is 0.119. The number of hydrogen-bond donors (Lipinski definition) is 1. The highest BCUT2D eigenvalue weighted by molar-refractivity contribution is 6.43. The summed E-state index contributed by atoms with van der Waals surface area (Å²) in [6, 6.07) is 8.65. The zero-order valence-corrected chi connectivity index (χ0v) is 20.2. The van der Waals surface area contributed by atoms with E-state index in [0.717, 1.165) is 18.5 Å². The number of aromatic nitrogens is 1. The minimum atomic E-state index is -0.375. The fourth-order valence-electron chi connectivity index (χ4n) is 3.22. The van der Waals surface area contributed by atoms with E-state index in [0.29, 0.717) is 30.3 Å². The van der Waals surface area contributed by atoms with Crippen molar-refractivity contribution in [2.75, 3.05) is 25.0 Å². The van der Waals surface area contributed by atoms with Gasteiger partial charge in [-0.25, -0.2) is 4.79 Å². The van der Waals surface area contributed by atoms with Crippen molar-refractivity contribution in [3.05, 3.63) is 52.3 Å². The Morgan fingerprint density at radius 3 is 2.48 bits per heavy atom. The summed E-state index contributed by atoms with van der Waals surface area (Å²) in [7, 11) is 1.96. The van der Waals surface area contributed by atoms with Gasteiger partial charge >= 0.3 is 6.03 Å². The highest BCUT2D eigenvalue weighted by Gasteiger charge is 2.23. The van der Waals surface area contributed by atoms with Crippen LogP contribution < -0.4 is 5.32 Å². The summed E-state index contributed by atoms with van der Waals surface area (Å²) in [5, 5.41) is 3.43. The van der Waals surface area contributed by atoms with Crippen molar-refractivity contribution in [1.29, 1.82) is 0 Å². The van der Waals surface area contributed by atoms with Gasteiger partial charge in [-0.05, 0) is 36.6 Å². The smallest absolute Gasteiger partial charge is 0.322 e. The number of aryl methyl sites for hydroxylation is 1. The highest BCUT2D eigenvalue weighted by Crippen LogP contribution is 2.29. The predicted octanol–water partition coefficient (Wildman–Crippen LogP) is 5.65. The van der Waals surface area contributed by atoms with Crippen molar-refractivity contribution in [1.82, 2.24) is 14.4 Å². The standard InChI is InChI=1S/C23H32Cl2N4O2/c1-5-6-13-28(15-18-9-8-12-27(18)4)21(30)16-29(14-17(2)3)23(31)26-20-11-7-10-19(24)22(20)25/h7-12,17H,5-6,13-16H2,1-4H3,(H,26,31). The van der Waals surface area contributed by atoms with Gasteiger partial charge in [-0.2, -0.15) is 0 Å².